The Balaban J connectivity index is 1.32. The predicted molar refractivity (Wildman–Crippen MR) is 243 cm³/mol. The van der Waals surface area contributed by atoms with E-state index in [-0.39, 0.29) is 54.1 Å². The molecule has 0 unspecified atom stereocenters. The number of sulfonamides is 1. The zero-order chi connectivity index (χ0) is 47.0. The molecule has 2 aliphatic rings. The Hall–Kier alpha value is -5.21. The number of H-pyrrole nitrogens is 1. The molecule has 0 spiro atoms. The normalized spacial score (nSPS) is 16.7. The van der Waals surface area contributed by atoms with Crippen LogP contribution in [0.1, 0.15) is 90.0 Å². The molecule has 0 saturated carbocycles. The van der Waals surface area contributed by atoms with Crippen molar-refractivity contribution in [2.75, 3.05) is 51.8 Å². The average Bonchev–Trinajstić information content (AvgIpc) is 3.87. The zero-order valence-corrected chi connectivity index (χ0v) is 39.3. The molecule has 1 atom stereocenters. The Morgan fingerprint density at radius 2 is 1.69 bits per heavy atom. The summed E-state index contributed by atoms with van der Waals surface area (Å²) in [5.41, 5.74) is 4.37. The van der Waals surface area contributed by atoms with Crippen LogP contribution in [0.15, 0.2) is 82.6 Å². The van der Waals surface area contributed by atoms with Crippen LogP contribution in [0.4, 0.5) is 11.4 Å². The third-order valence-corrected chi connectivity index (χ3v) is 14.0. The number of imidazole rings is 1. The number of aromatic nitrogens is 2. The van der Waals surface area contributed by atoms with E-state index in [9.17, 15) is 40.9 Å². The van der Waals surface area contributed by atoms with Gasteiger partial charge in [-0.05, 0) is 96.1 Å². The van der Waals surface area contributed by atoms with Gasteiger partial charge in [-0.25, -0.2) is 22.9 Å². The number of carboxylic acids is 1. The summed E-state index contributed by atoms with van der Waals surface area (Å²) in [4.78, 5) is 47.3. The molecule has 64 heavy (non-hydrogen) atoms. The summed E-state index contributed by atoms with van der Waals surface area (Å²) in [7, 11) is -4.60. The summed E-state index contributed by atoms with van der Waals surface area (Å²) >= 11 is 0. The van der Waals surface area contributed by atoms with Gasteiger partial charge in [0.2, 0.25) is 21.6 Å². The minimum atomic E-state index is -4.47. The fourth-order valence-corrected chi connectivity index (χ4v) is 9.81. The predicted octanol–water partition coefficient (Wildman–Crippen LogP) is 4.83. The molecular formula is C45H62N7O10S2+. The van der Waals surface area contributed by atoms with Crippen LogP contribution >= 0.6 is 0 Å². The third-order valence-electron chi connectivity index (χ3n) is 11.7. The lowest BCUT2D eigenvalue weighted by Gasteiger charge is -2.25. The molecule has 5 rings (SSSR count). The Morgan fingerprint density at radius 3 is 2.34 bits per heavy atom. The lowest BCUT2D eigenvalue weighted by molar-refractivity contribution is -0.438. The van der Waals surface area contributed by atoms with Gasteiger partial charge in [-0.1, -0.05) is 19.9 Å². The number of unbranched alkanes of at least 4 members (excludes halogenated alkanes) is 2. The van der Waals surface area contributed by atoms with Crippen molar-refractivity contribution in [2.24, 2.45) is 0 Å². The molecule has 0 saturated heterocycles. The number of aromatic amines is 1. The van der Waals surface area contributed by atoms with Gasteiger partial charge in [-0.2, -0.15) is 13.0 Å². The van der Waals surface area contributed by atoms with Crippen molar-refractivity contribution >= 4 is 55.1 Å². The summed E-state index contributed by atoms with van der Waals surface area (Å²) in [5, 5.41) is 12.2. The number of hydrogen-bond donors (Lipinski definition) is 5. The number of allylic oxidation sites excluding steroid dienone is 4. The molecule has 17 nitrogen and oxygen atoms in total. The number of carbonyl (C=O) groups is 3. The maximum atomic E-state index is 13.4. The molecule has 5 N–H and O–H groups in total. The van der Waals surface area contributed by atoms with Crippen molar-refractivity contribution in [3.05, 3.63) is 89.7 Å². The molecule has 3 aromatic rings. The minimum Gasteiger partial charge on any atom is -0.480 e. The van der Waals surface area contributed by atoms with Gasteiger partial charge in [0.15, 0.2) is 5.71 Å². The number of carboxylic acid groups (broad SMARTS) is 1. The second-order valence-corrected chi connectivity index (χ2v) is 20.5. The van der Waals surface area contributed by atoms with Crippen LogP contribution in [0.2, 0.25) is 0 Å². The summed E-state index contributed by atoms with van der Waals surface area (Å²) in [6.45, 7) is 12.2. The van der Waals surface area contributed by atoms with E-state index in [4.69, 9.17) is 4.74 Å². The molecule has 0 bridgehead atoms. The van der Waals surface area contributed by atoms with Crippen molar-refractivity contribution < 1.29 is 50.2 Å². The number of nitrogens with one attached hydrogen (secondary N) is 3. The van der Waals surface area contributed by atoms with Gasteiger partial charge in [0.25, 0.3) is 10.1 Å². The van der Waals surface area contributed by atoms with Crippen molar-refractivity contribution in [3.63, 3.8) is 0 Å². The quantitative estimate of drug-likeness (QED) is 0.0372. The van der Waals surface area contributed by atoms with Gasteiger partial charge in [-0.15, -0.1) is 0 Å². The van der Waals surface area contributed by atoms with E-state index in [1.54, 1.807) is 18.2 Å². The molecule has 1 aromatic heterocycles. The van der Waals surface area contributed by atoms with Crippen LogP contribution in [0.5, 0.6) is 0 Å². The number of nitrogens with zero attached hydrogens (tertiary/aromatic N) is 4. The van der Waals surface area contributed by atoms with Crippen LogP contribution in [0.3, 0.4) is 0 Å². The molecule has 0 fully saturated rings. The van der Waals surface area contributed by atoms with E-state index in [0.29, 0.717) is 51.0 Å². The standard InChI is InChI=1S/C45H61N7O10S2/c1-8-51-37-20-18-32(63(57,58)48-22-13-17-42(54)62-25-24-50(6)7)27-34(37)44(2,3)39(51)14-12-15-40-45(4,5)35-28-33(64(59,60)61)19-21-38(35)52(40)23-11-9-10-16-41(53)49-36(43(55)56)26-31-29-46-30-47-31/h12,14-15,18-21,27-30,36,48H,8-11,13,16-17,22-26H2,1-7H3,(H3-,46,47,49,53,55,56,59,60,61)/p+1/t36-/m1/s1. The van der Waals surface area contributed by atoms with Gasteiger partial charge in [0, 0.05) is 91.7 Å². The van der Waals surface area contributed by atoms with Crippen LogP contribution in [-0.2, 0) is 56.5 Å². The van der Waals surface area contributed by atoms with Crippen molar-refractivity contribution in [1.29, 1.82) is 0 Å². The highest BCUT2D eigenvalue weighted by Crippen LogP contribution is 2.48. The number of carbonyl (C=O) groups excluding carboxylic acids is 2. The number of fused-ring (bicyclic) bond motifs is 2. The SMILES string of the molecule is CCN1C(=CC=CC2=[N+](CCCCCC(=O)N[C@H](Cc3cnc[nH]3)C(=O)O)c3ccc(S(=O)(=O)O)cc3C2(C)C)C(C)(C)c2cc(S(=O)(=O)NCCCC(=O)OCCN(C)C)ccc21. The maximum Gasteiger partial charge on any atom is 0.326 e. The van der Waals surface area contributed by atoms with Crippen LogP contribution in [0.25, 0.3) is 0 Å². The first kappa shape index (κ1) is 49.8. The molecule has 2 aliphatic heterocycles. The number of esters is 1. The monoisotopic (exact) mass is 924 g/mol. The van der Waals surface area contributed by atoms with E-state index in [2.05, 4.69) is 29.5 Å². The van der Waals surface area contributed by atoms with Crippen molar-refractivity contribution in [3.8, 4) is 0 Å². The number of amides is 1. The number of ether oxygens (including phenoxy) is 1. The molecule has 3 heterocycles. The van der Waals surface area contributed by atoms with E-state index in [1.165, 1.54) is 24.7 Å². The maximum absolute atomic E-state index is 13.4. The number of hydrogen-bond acceptors (Lipinski definition) is 11. The first-order valence-electron chi connectivity index (χ1n) is 21.4. The number of benzene rings is 2. The van der Waals surface area contributed by atoms with Crippen molar-refractivity contribution in [1.82, 2.24) is 24.9 Å². The summed E-state index contributed by atoms with van der Waals surface area (Å²) in [6.07, 6.45) is 11.4. The Labute approximate surface area is 376 Å². The van der Waals surface area contributed by atoms with Crippen LogP contribution in [0, 0.1) is 0 Å². The fourth-order valence-electron chi connectivity index (χ4n) is 8.20. The minimum absolute atomic E-state index is 0.0791. The lowest BCUT2D eigenvalue weighted by Crippen LogP contribution is -2.42. The average molecular weight is 925 g/mol. The smallest absolute Gasteiger partial charge is 0.326 e. The fraction of sp³-hybridized carbons (Fsp3) is 0.489. The van der Waals surface area contributed by atoms with Gasteiger partial charge in [0.05, 0.1) is 21.5 Å². The largest absolute Gasteiger partial charge is 0.480 e. The van der Waals surface area contributed by atoms with Gasteiger partial charge in [-0.3, -0.25) is 14.1 Å². The number of anilines is 1. The number of likely N-dealkylation sites (N-methyl/N-ethyl adjacent to an activating group) is 2. The summed E-state index contributed by atoms with van der Waals surface area (Å²) in [5.74, 6) is -1.88. The topological polar surface area (TPSA) is 231 Å². The highest BCUT2D eigenvalue weighted by atomic mass is 32.2. The Kier molecular flexibility index (Phi) is 16.1. The highest BCUT2D eigenvalue weighted by Gasteiger charge is 2.45. The zero-order valence-electron chi connectivity index (χ0n) is 37.7. The van der Waals surface area contributed by atoms with Gasteiger partial charge < -0.3 is 29.9 Å². The van der Waals surface area contributed by atoms with Crippen molar-refractivity contribution in [2.45, 2.75) is 106 Å². The molecule has 0 radical (unpaired) electrons. The molecule has 2 aromatic carbocycles. The van der Waals surface area contributed by atoms with E-state index in [1.807, 2.05) is 77.9 Å². The van der Waals surface area contributed by atoms with Gasteiger partial charge in [0.1, 0.15) is 19.2 Å². The van der Waals surface area contributed by atoms with Crippen LogP contribution in [-0.4, -0.2) is 122 Å². The highest BCUT2D eigenvalue weighted by molar-refractivity contribution is 7.89. The third kappa shape index (κ3) is 11.9. The molecule has 19 heteroatoms. The van der Waals surface area contributed by atoms with Crippen LogP contribution < -0.4 is 14.9 Å². The van der Waals surface area contributed by atoms with Gasteiger partial charge >= 0.3 is 11.9 Å². The first-order valence-corrected chi connectivity index (χ1v) is 24.4. The lowest BCUT2D eigenvalue weighted by atomic mass is 9.81. The molecule has 0 aliphatic carbocycles. The summed E-state index contributed by atoms with van der Waals surface area (Å²) < 4.78 is 71.1. The first-order chi connectivity index (χ1) is 30.1. The van der Waals surface area contributed by atoms with E-state index in [0.717, 1.165) is 33.9 Å². The Morgan fingerprint density at radius 1 is 0.969 bits per heavy atom. The second kappa shape index (κ2) is 20.7. The number of aliphatic carboxylic acids is 1. The Bertz CT molecular complexity index is 2510. The van der Waals surface area contributed by atoms with E-state index < -0.39 is 43.0 Å². The number of rotatable bonds is 23. The molecule has 1 amide bonds. The second-order valence-electron chi connectivity index (χ2n) is 17.4. The summed E-state index contributed by atoms with van der Waals surface area (Å²) in [6, 6.07) is 8.59. The van der Waals surface area contributed by atoms with E-state index >= 15 is 0 Å². The molecule has 348 valence electrons. The molecular weight excluding hydrogens is 863 g/mol.